The van der Waals surface area contributed by atoms with Gasteiger partial charge in [0, 0.05) is 24.8 Å². The van der Waals surface area contributed by atoms with Crippen LogP contribution in [-0.2, 0) is 11.3 Å². The van der Waals surface area contributed by atoms with Gasteiger partial charge in [-0.2, -0.15) is 9.78 Å². The zero-order valence-corrected chi connectivity index (χ0v) is 14.5. The van der Waals surface area contributed by atoms with E-state index in [-0.39, 0.29) is 24.7 Å². The number of para-hydroxylation sites is 1. The number of carbonyl (C=O) groups is 2. The maximum atomic E-state index is 12.4. The lowest BCUT2D eigenvalue weighted by atomic mass is 10.1. The Kier molecular flexibility index (Phi) is 4.93. The fourth-order valence-corrected chi connectivity index (χ4v) is 2.73. The van der Waals surface area contributed by atoms with E-state index in [9.17, 15) is 9.59 Å². The molecule has 5 nitrogen and oxygen atoms in total. The number of aromatic nitrogens is 2. The molecule has 0 unspecified atom stereocenters. The predicted molar refractivity (Wildman–Crippen MR) is 97.4 cm³/mol. The largest absolute Gasteiger partial charge is 0.352 e. The smallest absolute Gasteiger partial charge is 0.247 e. The molecule has 1 N–H and O–H groups in total. The Morgan fingerprint density at radius 2 is 1.72 bits per heavy atom. The van der Waals surface area contributed by atoms with Gasteiger partial charge in [-0.25, -0.2) is 0 Å². The molecule has 0 spiro atoms. The number of hydrogen-bond acceptors (Lipinski definition) is 3. The number of nitrogens with one attached hydrogen (secondary N) is 1. The van der Waals surface area contributed by atoms with Gasteiger partial charge in [-0.15, -0.1) is 0 Å². The summed E-state index contributed by atoms with van der Waals surface area (Å²) in [6, 6.07) is 15.6. The van der Waals surface area contributed by atoms with Gasteiger partial charge in [-0.05, 0) is 25.5 Å². The Bertz CT molecular complexity index is 910. The third-order valence-electron chi connectivity index (χ3n) is 4.18. The summed E-state index contributed by atoms with van der Waals surface area (Å²) >= 11 is 0. The Morgan fingerprint density at radius 1 is 1.00 bits per heavy atom. The fraction of sp³-hybridized carbons (Fsp3) is 0.250. The van der Waals surface area contributed by atoms with Crippen molar-refractivity contribution in [2.45, 2.75) is 33.2 Å². The van der Waals surface area contributed by atoms with Crippen molar-refractivity contribution in [3.8, 4) is 0 Å². The van der Waals surface area contributed by atoms with Crippen molar-refractivity contribution < 1.29 is 9.59 Å². The van der Waals surface area contributed by atoms with Gasteiger partial charge >= 0.3 is 0 Å². The Morgan fingerprint density at radius 3 is 2.48 bits per heavy atom. The minimum absolute atomic E-state index is 0.130. The van der Waals surface area contributed by atoms with Gasteiger partial charge in [0.1, 0.15) is 0 Å². The van der Waals surface area contributed by atoms with Crippen LogP contribution in [0.25, 0.3) is 10.9 Å². The number of nitrogens with zero attached hydrogens (tertiary/aromatic N) is 2. The summed E-state index contributed by atoms with van der Waals surface area (Å²) < 4.78 is 1.40. The third kappa shape index (κ3) is 3.94. The van der Waals surface area contributed by atoms with Crippen molar-refractivity contribution in [3.63, 3.8) is 0 Å². The van der Waals surface area contributed by atoms with E-state index in [1.54, 1.807) is 0 Å². The molecule has 5 heteroatoms. The van der Waals surface area contributed by atoms with Crippen molar-refractivity contribution in [2.24, 2.45) is 0 Å². The van der Waals surface area contributed by atoms with E-state index in [1.165, 1.54) is 10.2 Å². The van der Waals surface area contributed by atoms with Gasteiger partial charge < -0.3 is 5.32 Å². The number of aryl methyl sites for hydroxylation is 2. The second-order valence-corrected chi connectivity index (χ2v) is 6.17. The maximum absolute atomic E-state index is 12.4. The van der Waals surface area contributed by atoms with Crippen LogP contribution in [0.5, 0.6) is 0 Å². The van der Waals surface area contributed by atoms with Crippen LogP contribution in [0, 0.1) is 13.8 Å². The van der Waals surface area contributed by atoms with E-state index >= 15 is 0 Å². The van der Waals surface area contributed by atoms with Crippen molar-refractivity contribution in [1.29, 1.82) is 0 Å². The third-order valence-corrected chi connectivity index (χ3v) is 4.18. The topological polar surface area (TPSA) is 64.0 Å². The highest BCUT2D eigenvalue weighted by molar-refractivity contribution is 5.93. The van der Waals surface area contributed by atoms with Crippen LogP contribution in [-0.4, -0.2) is 21.6 Å². The molecule has 3 aromatic rings. The molecule has 0 aliphatic rings. The lowest BCUT2D eigenvalue weighted by Gasteiger charge is -2.06. The zero-order chi connectivity index (χ0) is 17.8. The summed E-state index contributed by atoms with van der Waals surface area (Å²) in [5.74, 6) is -0.308. The van der Waals surface area contributed by atoms with Crippen molar-refractivity contribution in [1.82, 2.24) is 15.1 Å². The second-order valence-electron chi connectivity index (χ2n) is 6.17. The number of rotatable bonds is 5. The molecule has 0 saturated heterocycles. The molecule has 0 bridgehead atoms. The van der Waals surface area contributed by atoms with Gasteiger partial charge in [0.25, 0.3) is 0 Å². The van der Waals surface area contributed by atoms with Crippen LogP contribution in [0.4, 0.5) is 0 Å². The second kappa shape index (κ2) is 7.30. The van der Waals surface area contributed by atoms with Crippen LogP contribution >= 0.6 is 0 Å². The summed E-state index contributed by atoms with van der Waals surface area (Å²) in [6.45, 7) is 4.37. The maximum Gasteiger partial charge on any atom is 0.247 e. The SMILES string of the molecule is Cc1ccc(CNC(=O)CCC(=O)n2nc(C)c3ccccc32)cc1. The number of hydrogen-bond donors (Lipinski definition) is 1. The van der Waals surface area contributed by atoms with Crippen molar-refractivity contribution in [2.75, 3.05) is 0 Å². The lowest BCUT2D eigenvalue weighted by molar-refractivity contribution is -0.121. The first kappa shape index (κ1) is 16.9. The predicted octanol–water partition coefficient (Wildman–Crippen LogP) is 3.39. The summed E-state index contributed by atoms with van der Waals surface area (Å²) in [5.41, 5.74) is 3.82. The number of fused-ring (bicyclic) bond motifs is 1. The Labute approximate surface area is 146 Å². The highest BCUT2D eigenvalue weighted by atomic mass is 16.2. The van der Waals surface area contributed by atoms with Crippen LogP contribution in [0.3, 0.4) is 0 Å². The van der Waals surface area contributed by atoms with Gasteiger partial charge in [-0.3, -0.25) is 9.59 Å². The van der Waals surface area contributed by atoms with Gasteiger partial charge in [0.15, 0.2) is 0 Å². The molecule has 2 aromatic carbocycles. The quantitative estimate of drug-likeness (QED) is 0.777. The van der Waals surface area contributed by atoms with E-state index in [0.29, 0.717) is 6.54 Å². The molecule has 0 aliphatic heterocycles. The summed E-state index contributed by atoms with van der Waals surface area (Å²) in [5, 5.41) is 8.11. The standard InChI is InChI=1S/C20H21N3O2/c1-14-7-9-16(10-8-14)13-21-19(24)11-12-20(25)23-18-6-4-3-5-17(18)15(2)22-23/h3-10H,11-13H2,1-2H3,(H,21,24). The first-order valence-corrected chi connectivity index (χ1v) is 8.34. The molecule has 3 rings (SSSR count). The molecular formula is C20H21N3O2. The van der Waals surface area contributed by atoms with Crippen LogP contribution in [0.1, 0.15) is 34.5 Å². The monoisotopic (exact) mass is 335 g/mol. The van der Waals surface area contributed by atoms with E-state index in [4.69, 9.17) is 0 Å². The molecule has 0 saturated carbocycles. The minimum Gasteiger partial charge on any atom is -0.352 e. The Hall–Kier alpha value is -2.95. The van der Waals surface area contributed by atoms with Gasteiger partial charge in [0.2, 0.25) is 11.8 Å². The average Bonchev–Trinajstić information content (AvgIpc) is 2.96. The van der Waals surface area contributed by atoms with Crippen LogP contribution in [0.15, 0.2) is 48.5 Å². The molecule has 128 valence electrons. The molecule has 1 amide bonds. The molecule has 0 atom stereocenters. The summed E-state index contributed by atoms with van der Waals surface area (Å²) in [6.07, 6.45) is 0.281. The molecule has 0 aliphatic carbocycles. The van der Waals surface area contributed by atoms with E-state index in [2.05, 4.69) is 10.4 Å². The fourth-order valence-electron chi connectivity index (χ4n) is 2.73. The van der Waals surface area contributed by atoms with E-state index in [0.717, 1.165) is 22.2 Å². The highest BCUT2D eigenvalue weighted by Crippen LogP contribution is 2.18. The van der Waals surface area contributed by atoms with Gasteiger partial charge in [0.05, 0.1) is 11.2 Å². The molecule has 25 heavy (non-hydrogen) atoms. The minimum atomic E-state index is -0.171. The number of amides is 1. The average molecular weight is 335 g/mol. The number of carbonyl (C=O) groups excluding carboxylic acids is 2. The molecule has 0 fully saturated rings. The van der Waals surface area contributed by atoms with E-state index in [1.807, 2.05) is 62.4 Å². The molecule has 1 aromatic heterocycles. The Balaban J connectivity index is 1.56. The van der Waals surface area contributed by atoms with E-state index < -0.39 is 0 Å². The zero-order valence-electron chi connectivity index (χ0n) is 14.5. The summed E-state index contributed by atoms with van der Waals surface area (Å²) in [4.78, 5) is 24.4. The van der Waals surface area contributed by atoms with Crippen LogP contribution < -0.4 is 5.32 Å². The first-order valence-electron chi connectivity index (χ1n) is 8.34. The van der Waals surface area contributed by atoms with Crippen molar-refractivity contribution >= 4 is 22.7 Å². The number of benzene rings is 2. The normalized spacial score (nSPS) is 10.8. The van der Waals surface area contributed by atoms with Crippen LogP contribution in [0.2, 0.25) is 0 Å². The molecular weight excluding hydrogens is 314 g/mol. The molecule has 1 heterocycles. The summed E-state index contributed by atoms with van der Waals surface area (Å²) in [7, 11) is 0. The van der Waals surface area contributed by atoms with Gasteiger partial charge in [-0.1, -0.05) is 48.0 Å². The first-order chi connectivity index (χ1) is 12.0. The highest BCUT2D eigenvalue weighted by Gasteiger charge is 2.14. The lowest BCUT2D eigenvalue weighted by Crippen LogP contribution is -2.24. The van der Waals surface area contributed by atoms with Crippen molar-refractivity contribution in [3.05, 3.63) is 65.4 Å². The molecule has 0 radical (unpaired) electrons.